The SMILES string of the molecule is CC(C)(C)OC(=O)n1cc(C2CCC(O)O2)c2ccccc21. The van der Waals surface area contributed by atoms with E-state index in [1.165, 1.54) is 4.57 Å². The Hall–Kier alpha value is -1.85. The lowest BCUT2D eigenvalue weighted by Gasteiger charge is -2.19. The lowest BCUT2D eigenvalue weighted by atomic mass is 10.1. The molecule has 3 rings (SSSR count). The highest BCUT2D eigenvalue weighted by Crippen LogP contribution is 2.36. The summed E-state index contributed by atoms with van der Waals surface area (Å²) in [4.78, 5) is 12.4. The van der Waals surface area contributed by atoms with E-state index in [9.17, 15) is 9.90 Å². The van der Waals surface area contributed by atoms with E-state index in [1.807, 2.05) is 45.0 Å². The number of carbonyl (C=O) groups is 1. The Bertz CT molecular complexity index is 698. The van der Waals surface area contributed by atoms with Gasteiger partial charge in [0.25, 0.3) is 0 Å². The number of nitrogens with zero attached hydrogens (tertiary/aromatic N) is 1. The zero-order chi connectivity index (χ0) is 15.9. The molecule has 0 bridgehead atoms. The topological polar surface area (TPSA) is 60.7 Å². The van der Waals surface area contributed by atoms with Crippen LogP contribution >= 0.6 is 0 Å². The van der Waals surface area contributed by atoms with Gasteiger partial charge in [0.1, 0.15) is 5.60 Å². The van der Waals surface area contributed by atoms with Crippen molar-refractivity contribution >= 4 is 17.0 Å². The number of carbonyl (C=O) groups excluding carboxylic acids is 1. The highest BCUT2D eigenvalue weighted by molar-refractivity contribution is 5.92. The van der Waals surface area contributed by atoms with Gasteiger partial charge in [-0.1, -0.05) is 18.2 Å². The lowest BCUT2D eigenvalue weighted by molar-refractivity contribution is -0.0910. The van der Waals surface area contributed by atoms with Crippen molar-refractivity contribution in [1.82, 2.24) is 4.57 Å². The minimum Gasteiger partial charge on any atom is -0.443 e. The monoisotopic (exact) mass is 303 g/mol. The smallest absolute Gasteiger partial charge is 0.419 e. The van der Waals surface area contributed by atoms with E-state index < -0.39 is 18.0 Å². The second kappa shape index (κ2) is 5.41. The van der Waals surface area contributed by atoms with Crippen molar-refractivity contribution < 1.29 is 19.4 Å². The molecule has 1 aliphatic heterocycles. The summed E-state index contributed by atoms with van der Waals surface area (Å²) in [5.74, 6) is 0. The van der Waals surface area contributed by atoms with Gasteiger partial charge >= 0.3 is 6.09 Å². The first kappa shape index (κ1) is 15.1. The van der Waals surface area contributed by atoms with Gasteiger partial charge in [-0.3, -0.25) is 4.57 Å². The van der Waals surface area contributed by atoms with Crippen molar-refractivity contribution in [1.29, 1.82) is 0 Å². The van der Waals surface area contributed by atoms with E-state index in [4.69, 9.17) is 9.47 Å². The first-order valence-electron chi connectivity index (χ1n) is 7.52. The highest BCUT2D eigenvalue weighted by atomic mass is 16.6. The van der Waals surface area contributed by atoms with Crippen molar-refractivity contribution in [2.45, 2.75) is 51.6 Å². The molecule has 1 aliphatic rings. The number of aromatic nitrogens is 1. The van der Waals surface area contributed by atoms with Gasteiger partial charge in [0.15, 0.2) is 6.29 Å². The Labute approximate surface area is 129 Å². The van der Waals surface area contributed by atoms with Crippen LogP contribution in [0.25, 0.3) is 10.9 Å². The van der Waals surface area contributed by atoms with Gasteiger partial charge in [0.2, 0.25) is 0 Å². The molecule has 1 saturated heterocycles. The Kier molecular flexibility index (Phi) is 3.70. The van der Waals surface area contributed by atoms with Crippen molar-refractivity contribution in [3.63, 3.8) is 0 Å². The maximum atomic E-state index is 12.4. The van der Waals surface area contributed by atoms with Crippen LogP contribution in [-0.4, -0.2) is 27.7 Å². The first-order chi connectivity index (χ1) is 10.3. The number of rotatable bonds is 1. The molecule has 118 valence electrons. The fraction of sp³-hybridized carbons (Fsp3) is 0.471. The van der Waals surface area contributed by atoms with Crippen LogP contribution in [0.2, 0.25) is 0 Å². The normalized spacial score (nSPS) is 22.2. The van der Waals surface area contributed by atoms with Gasteiger partial charge in [0, 0.05) is 23.6 Å². The summed E-state index contributed by atoms with van der Waals surface area (Å²) in [5.41, 5.74) is 1.15. The average Bonchev–Trinajstić information content (AvgIpc) is 3.00. The van der Waals surface area contributed by atoms with Crippen LogP contribution in [0.4, 0.5) is 4.79 Å². The fourth-order valence-corrected chi connectivity index (χ4v) is 2.77. The van der Waals surface area contributed by atoms with Crippen molar-refractivity contribution in [2.75, 3.05) is 0 Å². The molecule has 0 radical (unpaired) electrons. The van der Waals surface area contributed by atoms with Gasteiger partial charge in [-0.05, 0) is 33.3 Å². The Morgan fingerprint density at radius 3 is 2.68 bits per heavy atom. The minimum atomic E-state index is -0.728. The van der Waals surface area contributed by atoms with E-state index in [2.05, 4.69) is 0 Å². The second-order valence-electron chi connectivity index (χ2n) is 6.61. The number of fused-ring (bicyclic) bond motifs is 1. The van der Waals surface area contributed by atoms with Crippen molar-refractivity contribution in [2.24, 2.45) is 0 Å². The Morgan fingerprint density at radius 1 is 1.32 bits per heavy atom. The van der Waals surface area contributed by atoms with Gasteiger partial charge in [-0.15, -0.1) is 0 Å². The third-order valence-electron chi connectivity index (χ3n) is 3.68. The van der Waals surface area contributed by atoms with Crippen molar-refractivity contribution in [3.8, 4) is 0 Å². The summed E-state index contributed by atoms with van der Waals surface area (Å²) >= 11 is 0. The molecular weight excluding hydrogens is 282 g/mol. The molecule has 2 heterocycles. The van der Waals surface area contributed by atoms with E-state index in [1.54, 1.807) is 6.20 Å². The molecule has 5 nitrogen and oxygen atoms in total. The molecule has 0 saturated carbocycles. The Morgan fingerprint density at radius 2 is 2.05 bits per heavy atom. The van der Waals surface area contributed by atoms with Gasteiger partial charge in [-0.2, -0.15) is 0 Å². The number of hydrogen-bond donors (Lipinski definition) is 1. The van der Waals surface area contributed by atoms with E-state index in [0.717, 1.165) is 22.9 Å². The molecular formula is C17H21NO4. The van der Waals surface area contributed by atoms with E-state index >= 15 is 0 Å². The number of para-hydroxylation sites is 1. The summed E-state index contributed by atoms with van der Waals surface area (Å²) in [6.45, 7) is 5.52. The fourth-order valence-electron chi connectivity index (χ4n) is 2.77. The third-order valence-corrected chi connectivity index (χ3v) is 3.68. The maximum Gasteiger partial charge on any atom is 0.419 e. The molecule has 0 aliphatic carbocycles. The molecule has 0 amide bonds. The van der Waals surface area contributed by atoms with Crippen molar-refractivity contribution in [3.05, 3.63) is 36.0 Å². The predicted molar refractivity (Wildman–Crippen MR) is 82.6 cm³/mol. The molecule has 2 unspecified atom stereocenters. The standard InChI is InChI=1S/C17H21NO4/c1-17(2,3)22-16(20)18-10-12(14-8-9-15(19)21-14)11-6-4-5-7-13(11)18/h4-7,10,14-15,19H,8-9H2,1-3H3. The third kappa shape index (κ3) is 2.87. The largest absolute Gasteiger partial charge is 0.443 e. The zero-order valence-electron chi connectivity index (χ0n) is 13.1. The molecule has 2 aromatic rings. The molecule has 22 heavy (non-hydrogen) atoms. The number of aliphatic hydroxyl groups is 1. The Balaban J connectivity index is 2.03. The number of aliphatic hydroxyl groups excluding tert-OH is 1. The molecule has 1 fully saturated rings. The summed E-state index contributed by atoms with van der Waals surface area (Å²) in [6, 6.07) is 7.65. The summed E-state index contributed by atoms with van der Waals surface area (Å²) in [7, 11) is 0. The highest BCUT2D eigenvalue weighted by Gasteiger charge is 2.29. The molecule has 5 heteroatoms. The molecule has 2 atom stereocenters. The molecule has 1 aromatic carbocycles. The number of benzene rings is 1. The number of hydrogen-bond acceptors (Lipinski definition) is 4. The first-order valence-corrected chi connectivity index (χ1v) is 7.52. The van der Waals surface area contributed by atoms with Crippen LogP contribution in [0, 0.1) is 0 Å². The molecule has 1 N–H and O–H groups in total. The van der Waals surface area contributed by atoms with E-state index in [-0.39, 0.29) is 6.10 Å². The van der Waals surface area contributed by atoms with Gasteiger partial charge < -0.3 is 14.6 Å². The molecule has 0 spiro atoms. The van der Waals surface area contributed by atoms with E-state index in [0.29, 0.717) is 6.42 Å². The maximum absolute atomic E-state index is 12.4. The average molecular weight is 303 g/mol. The van der Waals surface area contributed by atoms with Crippen LogP contribution in [0.5, 0.6) is 0 Å². The van der Waals surface area contributed by atoms with Crippen LogP contribution in [0.1, 0.15) is 45.3 Å². The van der Waals surface area contributed by atoms with Crippen LogP contribution in [-0.2, 0) is 9.47 Å². The van der Waals surface area contributed by atoms with Crippen LogP contribution < -0.4 is 0 Å². The van der Waals surface area contributed by atoms with Gasteiger partial charge in [0.05, 0.1) is 11.6 Å². The summed E-state index contributed by atoms with van der Waals surface area (Å²) < 4.78 is 12.5. The van der Waals surface area contributed by atoms with Gasteiger partial charge in [-0.25, -0.2) is 4.79 Å². The summed E-state index contributed by atoms with van der Waals surface area (Å²) in [6.07, 6.45) is 1.78. The lowest BCUT2D eigenvalue weighted by Crippen LogP contribution is -2.26. The zero-order valence-corrected chi connectivity index (χ0v) is 13.1. The molecule has 1 aromatic heterocycles. The van der Waals surface area contributed by atoms with Crippen LogP contribution in [0.3, 0.4) is 0 Å². The quantitative estimate of drug-likeness (QED) is 0.874. The van der Waals surface area contributed by atoms with Crippen LogP contribution in [0.15, 0.2) is 30.5 Å². The second-order valence-corrected chi connectivity index (χ2v) is 6.61. The minimum absolute atomic E-state index is 0.191. The summed E-state index contributed by atoms with van der Waals surface area (Å²) in [5, 5.41) is 10.5. The predicted octanol–water partition coefficient (Wildman–Crippen LogP) is 3.59. The number of ether oxygens (including phenoxy) is 2.